The van der Waals surface area contributed by atoms with Crippen molar-refractivity contribution in [3.63, 3.8) is 0 Å². The van der Waals surface area contributed by atoms with Crippen molar-refractivity contribution in [2.24, 2.45) is 0 Å². The molecule has 152 valence electrons. The van der Waals surface area contributed by atoms with Crippen LogP contribution in [0.2, 0.25) is 0 Å². The first kappa shape index (κ1) is 20.0. The van der Waals surface area contributed by atoms with Crippen molar-refractivity contribution in [2.75, 3.05) is 80.8 Å². The lowest BCUT2D eigenvalue weighted by Gasteiger charge is -2.27. The number of hydrogen-bond donors (Lipinski definition) is 2. The molecule has 0 saturated carbocycles. The molecule has 0 aliphatic carbocycles. The molecule has 0 bridgehead atoms. The summed E-state index contributed by atoms with van der Waals surface area (Å²) in [5, 5.41) is 13.0. The van der Waals surface area contributed by atoms with E-state index in [1.54, 1.807) is 0 Å². The zero-order valence-electron chi connectivity index (χ0n) is 16.6. The molecule has 3 rings (SSSR count). The highest BCUT2D eigenvalue weighted by atomic mass is 16.5. The Morgan fingerprint density at radius 3 is 2.63 bits per heavy atom. The molecule has 0 spiro atoms. The van der Waals surface area contributed by atoms with Gasteiger partial charge in [0, 0.05) is 45.8 Å². The molecule has 0 radical (unpaired) electrons. The third-order valence-corrected chi connectivity index (χ3v) is 5.32. The van der Waals surface area contributed by atoms with Crippen molar-refractivity contribution in [1.82, 2.24) is 19.9 Å². The molecule has 2 aliphatic rings. The number of anilines is 3. The van der Waals surface area contributed by atoms with E-state index in [0.29, 0.717) is 17.8 Å². The van der Waals surface area contributed by atoms with E-state index in [9.17, 15) is 5.11 Å². The fourth-order valence-electron chi connectivity index (χ4n) is 3.65. The van der Waals surface area contributed by atoms with Crippen molar-refractivity contribution in [2.45, 2.75) is 32.7 Å². The first-order chi connectivity index (χ1) is 13.2. The third kappa shape index (κ3) is 5.18. The zero-order valence-corrected chi connectivity index (χ0v) is 16.6. The number of nitrogens with zero attached hydrogens (tertiary/aromatic N) is 6. The van der Waals surface area contributed by atoms with Gasteiger partial charge in [-0.2, -0.15) is 15.0 Å². The number of aliphatic hydroxyl groups excluding tert-OH is 1. The molecule has 2 saturated heterocycles. The standard InChI is InChI=1S/C18H33N7O2/c1-3-24(4-2)17-20-16(19-7-9-23-10-12-27-13-11-23)21-18(22-17)25-8-5-6-15(25)14-26/h15,26H,3-14H2,1-2H3,(H,19,20,21,22). The Morgan fingerprint density at radius 1 is 1.15 bits per heavy atom. The van der Waals surface area contributed by atoms with Crippen LogP contribution >= 0.6 is 0 Å². The lowest BCUT2D eigenvalue weighted by Crippen LogP contribution is -2.39. The largest absolute Gasteiger partial charge is 0.394 e. The van der Waals surface area contributed by atoms with Gasteiger partial charge in [-0.15, -0.1) is 0 Å². The fraction of sp³-hybridized carbons (Fsp3) is 0.833. The molecule has 0 aromatic carbocycles. The molecule has 1 atom stereocenters. The summed E-state index contributed by atoms with van der Waals surface area (Å²) in [5.41, 5.74) is 0. The minimum atomic E-state index is 0.0955. The molecule has 3 heterocycles. The monoisotopic (exact) mass is 379 g/mol. The number of hydrogen-bond acceptors (Lipinski definition) is 9. The number of aliphatic hydroxyl groups is 1. The number of morpholine rings is 1. The highest BCUT2D eigenvalue weighted by molar-refractivity contribution is 5.46. The molecule has 9 nitrogen and oxygen atoms in total. The van der Waals surface area contributed by atoms with E-state index in [1.807, 2.05) is 0 Å². The van der Waals surface area contributed by atoms with Crippen LogP contribution in [0.4, 0.5) is 17.8 Å². The maximum atomic E-state index is 9.67. The van der Waals surface area contributed by atoms with E-state index in [-0.39, 0.29) is 12.6 Å². The fourth-order valence-corrected chi connectivity index (χ4v) is 3.65. The van der Waals surface area contributed by atoms with E-state index in [0.717, 1.165) is 71.9 Å². The van der Waals surface area contributed by atoms with Gasteiger partial charge in [-0.3, -0.25) is 4.90 Å². The Bertz CT molecular complexity index is 579. The predicted octanol–water partition coefficient (Wildman–Crippen LogP) is 0.423. The van der Waals surface area contributed by atoms with E-state index in [4.69, 9.17) is 9.72 Å². The SMILES string of the molecule is CCN(CC)c1nc(NCCN2CCOCC2)nc(N2CCCC2CO)n1. The topological polar surface area (TPSA) is 89.9 Å². The first-order valence-electron chi connectivity index (χ1n) is 10.2. The molecule has 1 aromatic heterocycles. The Hall–Kier alpha value is -1.71. The molecule has 1 aromatic rings. The quantitative estimate of drug-likeness (QED) is 0.633. The van der Waals surface area contributed by atoms with E-state index in [1.165, 1.54) is 0 Å². The van der Waals surface area contributed by atoms with Crippen LogP contribution in [-0.2, 0) is 4.74 Å². The van der Waals surface area contributed by atoms with Gasteiger partial charge in [-0.05, 0) is 26.7 Å². The summed E-state index contributed by atoms with van der Waals surface area (Å²) in [7, 11) is 0. The summed E-state index contributed by atoms with van der Waals surface area (Å²) >= 11 is 0. The summed E-state index contributed by atoms with van der Waals surface area (Å²) in [6.07, 6.45) is 2.03. The number of ether oxygens (including phenoxy) is 1. The number of aromatic nitrogens is 3. The van der Waals surface area contributed by atoms with Crippen LogP contribution in [0, 0.1) is 0 Å². The molecule has 9 heteroatoms. The summed E-state index contributed by atoms with van der Waals surface area (Å²) in [6, 6.07) is 0.0955. The Morgan fingerprint density at radius 2 is 1.93 bits per heavy atom. The Labute approximate surface area is 161 Å². The van der Waals surface area contributed by atoms with Crippen LogP contribution < -0.4 is 15.1 Å². The van der Waals surface area contributed by atoms with Gasteiger partial charge in [0.1, 0.15) is 0 Å². The second kappa shape index (κ2) is 10.0. The second-order valence-corrected chi connectivity index (χ2v) is 6.98. The van der Waals surface area contributed by atoms with Gasteiger partial charge >= 0.3 is 0 Å². The Balaban J connectivity index is 1.72. The predicted molar refractivity (Wildman–Crippen MR) is 107 cm³/mol. The van der Waals surface area contributed by atoms with Crippen molar-refractivity contribution >= 4 is 17.8 Å². The van der Waals surface area contributed by atoms with Crippen LogP contribution in [0.25, 0.3) is 0 Å². The van der Waals surface area contributed by atoms with Gasteiger partial charge in [0.25, 0.3) is 0 Å². The van der Waals surface area contributed by atoms with E-state index >= 15 is 0 Å². The van der Waals surface area contributed by atoms with Gasteiger partial charge in [-0.25, -0.2) is 0 Å². The maximum Gasteiger partial charge on any atom is 0.232 e. The maximum absolute atomic E-state index is 9.67. The van der Waals surface area contributed by atoms with Crippen molar-refractivity contribution < 1.29 is 9.84 Å². The average Bonchev–Trinajstić information content (AvgIpc) is 3.19. The number of rotatable bonds is 9. The summed E-state index contributed by atoms with van der Waals surface area (Å²) in [6.45, 7) is 12.2. The molecule has 2 N–H and O–H groups in total. The normalized spacial score (nSPS) is 20.9. The van der Waals surface area contributed by atoms with Gasteiger partial charge in [-0.1, -0.05) is 0 Å². The molecule has 0 amide bonds. The number of nitrogens with one attached hydrogen (secondary N) is 1. The van der Waals surface area contributed by atoms with Crippen molar-refractivity contribution in [3.05, 3.63) is 0 Å². The third-order valence-electron chi connectivity index (χ3n) is 5.32. The summed E-state index contributed by atoms with van der Waals surface area (Å²) in [5.74, 6) is 1.97. The molecule has 2 fully saturated rings. The Kier molecular flexibility index (Phi) is 7.42. The lowest BCUT2D eigenvalue weighted by molar-refractivity contribution is 0.0398. The summed E-state index contributed by atoms with van der Waals surface area (Å²) in [4.78, 5) is 20.6. The van der Waals surface area contributed by atoms with Gasteiger partial charge < -0.3 is 25.0 Å². The zero-order chi connectivity index (χ0) is 19.1. The van der Waals surface area contributed by atoms with E-state index < -0.39 is 0 Å². The van der Waals surface area contributed by atoms with Crippen LogP contribution in [0.5, 0.6) is 0 Å². The van der Waals surface area contributed by atoms with Gasteiger partial charge in [0.15, 0.2) is 0 Å². The molecule has 2 aliphatic heterocycles. The smallest absolute Gasteiger partial charge is 0.232 e. The summed E-state index contributed by atoms with van der Waals surface area (Å²) < 4.78 is 5.40. The van der Waals surface area contributed by atoms with Crippen LogP contribution in [0.15, 0.2) is 0 Å². The molecular formula is C18H33N7O2. The molecule has 1 unspecified atom stereocenters. The van der Waals surface area contributed by atoms with Crippen molar-refractivity contribution in [3.8, 4) is 0 Å². The highest BCUT2D eigenvalue weighted by Gasteiger charge is 2.27. The van der Waals surface area contributed by atoms with Gasteiger partial charge in [0.05, 0.1) is 25.9 Å². The second-order valence-electron chi connectivity index (χ2n) is 6.98. The van der Waals surface area contributed by atoms with Gasteiger partial charge in [0.2, 0.25) is 17.8 Å². The van der Waals surface area contributed by atoms with Crippen LogP contribution in [0.1, 0.15) is 26.7 Å². The average molecular weight is 380 g/mol. The lowest BCUT2D eigenvalue weighted by atomic mass is 10.2. The highest BCUT2D eigenvalue weighted by Crippen LogP contribution is 2.24. The van der Waals surface area contributed by atoms with Crippen LogP contribution in [-0.4, -0.2) is 96.6 Å². The van der Waals surface area contributed by atoms with Crippen molar-refractivity contribution in [1.29, 1.82) is 0 Å². The molecular weight excluding hydrogens is 346 g/mol. The van der Waals surface area contributed by atoms with E-state index in [2.05, 4.69) is 43.8 Å². The minimum Gasteiger partial charge on any atom is -0.394 e. The van der Waals surface area contributed by atoms with Crippen LogP contribution in [0.3, 0.4) is 0 Å². The molecule has 27 heavy (non-hydrogen) atoms. The minimum absolute atomic E-state index is 0.0955. The first-order valence-corrected chi connectivity index (χ1v) is 10.2.